The molecule has 566 valence electrons. The Kier molecular flexibility index (Phi) is 37.5. The second-order valence-electron chi connectivity index (χ2n) is 26.9. The van der Waals surface area contributed by atoms with Gasteiger partial charge in [-0.2, -0.15) is 0 Å². The number of nitrogens with one attached hydrogen (secondary N) is 2. The number of benzene rings is 2. The summed E-state index contributed by atoms with van der Waals surface area (Å²) in [7, 11) is 8.44. The maximum atomic E-state index is 13.6. The van der Waals surface area contributed by atoms with Crippen molar-refractivity contribution in [3.8, 4) is 45.3 Å². The third-order valence-corrected chi connectivity index (χ3v) is 18.9. The largest absolute Gasteiger partial charge is 0.493 e. The molecule has 0 amide bonds. The summed E-state index contributed by atoms with van der Waals surface area (Å²) in [5.41, 5.74) is 8.85. The molecule has 104 heavy (non-hydrogen) atoms. The van der Waals surface area contributed by atoms with Gasteiger partial charge < -0.3 is 57.3 Å². The van der Waals surface area contributed by atoms with Gasteiger partial charge >= 0.3 is 35.8 Å². The van der Waals surface area contributed by atoms with Crippen molar-refractivity contribution in [3.63, 3.8) is 0 Å². The number of methoxy groups -OCH3 is 6. The van der Waals surface area contributed by atoms with E-state index >= 15 is 0 Å². The van der Waals surface area contributed by atoms with E-state index < -0.39 is 11.9 Å². The van der Waals surface area contributed by atoms with Crippen molar-refractivity contribution in [2.75, 3.05) is 69.1 Å². The third kappa shape index (κ3) is 28.3. The van der Waals surface area contributed by atoms with Crippen LogP contribution in [0.25, 0.3) is 68.6 Å². The number of ether oxygens (including phenoxy) is 10. The smallest absolute Gasteiger partial charge is 0.338 e. The number of esters is 6. The summed E-state index contributed by atoms with van der Waals surface area (Å²) in [4.78, 5) is 91.9. The third-order valence-electron chi connectivity index (χ3n) is 18.9. The Morgan fingerprint density at radius 1 is 0.288 bits per heavy atom. The first-order chi connectivity index (χ1) is 50.9. The summed E-state index contributed by atoms with van der Waals surface area (Å²) >= 11 is 0. The lowest BCUT2D eigenvalue weighted by atomic mass is 9.99. The number of hydrogen-bond donors (Lipinski definition) is 2. The summed E-state index contributed by atoms with van der Waals surface area (Å²) in [5, 5.41) is 0. The Balaban J connectivity index is 1.25. The van der Waals surface area contributed by atoms with Crippen LogP contribution < -0.4 is 18.9 Å². The zero-order valence-electron chi connectivity index (χ0n) is 62.8. The van der Waals surface area contributed by atoms with Crippen molar-refractivity contribution in [2.24, 2.45) is 0 Å². The minimum atomic E-state index is -0.523. The van der Waals surface area contributed by atoms with Crippen LogP contribution >= 0.6 is 0 Å². The average molecular weight is 1440 g/mol. The number of hydrogen-bond acceptors (Lipinski definition) is 18. The number of aromatic amines is 2. The quantitative estimate of drug-likeness (QED) is 0.0204. The van der Waals surface area contributed by atoms with Crippen LogP contribution in [0.5, 0.6) is 23.0 Å². The molecule has 2 aliphatic rings. The molecule has 0 saturated heterocycles. The second kappa shape index (κ2) is 47.4. The number of rotatable bonds is 52. The van der Waals surface area contributed by atoms with E-state index in [0.29, 0.717) is 131 Å². The molecular weight excluding hydrogens is 1320 g/mol. The van der Waals surface area contributed by atoms with E-state index in [1.165, 1.54) is 42.7 Å². The number of nitrogens with zero attached hydrogens (tertiary/aromatic N) is 2. The predicted octanol–water partition coefficient (Wildman–Crippen LogP) is 19.8. The molecule has 0 aliphatic carbocycles. The minimum absolute atomic E-state index is 0.167. The molecule has 7 rings (SSSR count). The van der Waals surface area contributed by atoms with Gasteiger partial charge in [-0.1, -0.05) is 154 Å². The zero-order valence-corrected chi connectivity index (χ0v) is 62.8. The van der Waals surface area contributed by atoms with Crippen molar-refractivity contribution < 1.29 is 76.1 Å². The summed E-state index contributed by atoms with van der Waals surface area (Å²) in [5.74, 6) is 0.112. The standard InChI is InChI=1S/C84H114N4O16/c1-95-75(89)39-31-23-15-7-11-19-27-35-51-101-71-55-61(83(93)99-5)56-72(102-52-36-28-20-12-8-16-24-32-40-76(90)96-2)81(71)79-67-47-43-63(85-67)59-65-45-49-69(87-65)80(70-50-46-66(88-70)60-64-44-48-68(79)86-64)82-73(103-53-37-29-21-13-9-17-25-33-41-77(91)97-3)57-62(84(94)100-6)58-74(82)104-54-38-30-22-14-10-18-26-34-42-78(92)98-4/h43-50,55-60,85,88H,7-42,51-54H2,1-6H3. The van der Waals surface area contributed by atoms with Gasteiger partial charge in [-0.3, -0.25) is 19.2 Å². The highest BCUT2D eigenvalue weighted by Gasteiger charge is 2.27. The molecule has 5 aromatic rings. The molecule has 2 aromatic carbocycles. The molecule has 2 aliphatic heterocycles. The van der Waals surface area contributed by atoms with Crippen LogP contribution in [-0.2, 0) is 47.6 Å². The van der Waals surface area contributed by atoms with Gasteiger partial charge in [0, 0.05) is 58.9 Å². The number of carbonyl (C=O) groups is 6. The maximum Gasteiger partial charge on any atom is 0.338 e. The predicted molar refractivity (Wildman–Crippen MR) is 409 cm³/mol. The highest BCUT2D eigenvalue weighted by atomic mass is 16.5. The zero-order chi connectivity index (χ0) is 73.9. The van der Waals surface area contributed by atoms with Crippen molar-refractivity contribution >= 4 is 82.2 Å². The van der Waals surface area contributed by atoms with Crippen LogP contribution in [0.15, 0.2) is 60.7 Å². The van der Waals surface area contributed by atoms with Gasteiger partial charge in [-0.05, 0) is 136 Å². The van der Waals surface area contributed by atoms with Crippen LogP contribution in [0.3, 0.4) is 0 Å². The van der Waals surface area contributed by atoms with Gasteiger partial charge in [0.25, 0.3) is 0 Å². The molecule has 2 N–H and O–H groups in total. The molecule has 0 spiro atoms. The van der Waals surface area contributed by atoms with E-state index in [4.69, 9.17) is 57.3 Å². The van der Waals surface area contributed by atoms with Gasteiger partial charge in [0.15, 0.2) is 0 Å². The van der Waals surface area contributed by atoms with Crippen molar-refractivity contribution in [1.29, 1.82) is 0 Å². The molecule has 8 bridgehead atoms. The molecule has 0 saturated carbocycles. The molecular formula is C84H114N4O16. The number of fused-ring (bicyclic) bond motifs is 8. The fraction of sp³-hybridized carbons (Fsp3) is 0.548. The first-order valence-corrected chi connectivity index (χ1v) is 38.3. The monoisotopic (exact) mass is 1430 g/mol. The van der Waals surface area contributed by atoms with E-state index in [-0.39, 0.29) is 23.9 Å². The van der Waals surface area contributed by atoms with E-state index in [9.17, 15) is 28.8 Å². The van der Waals surface area contributed by atoms with Crippen LogP contribution in [-0.4, -0.2) is 125 Å². The Hall–Kier alpha value is -8.94. The number of H-pyrrole nitrogens is 2. The van der Waals surface area contributed by atoms with Crippen molar-refractivity contribution in [1.82, 2.24) is 19.9 Å². The highest BCUT2D eigenvalue weighted by molar-refractivity contribution is 6.00. The molecule has 0 unspecified atom stereocenters. The molecule has 0 fully saturated rings. The Labute approximate surface area is 615 Å². The lowest BCUT2D eigenvalue weighted by molar-refractivity contribution is -0.141. The van der Waals surface area contributed by atoms with E-state index in [1.807, 2.05) is 60.7 Å². The second-order valence-corrected chi connectivity index (χ2v) is 26.9. The fourth-order valence-electron chi connectivity index (χ4n) is 13.1. The molecule has 0 radical (unpaired) electrons. The van der Waals surface area contributed by atoms with E-state index in [1.54, 1.807) is 24.3 Å². The SMILES string of the molecule is COC(=O)CCCCCCCCCCOc1cc(C(=O)OC)cc(OCCCCCCCCCCC(=O)OC)c1-c1c2nc(cc3ccc([nH]3)c(-c3c(OCCCCCCCCCCC(=O)OC)cc(C(=O)OC)cc3OCCCCCCCCCCC(=O)OC)c3nc(cc4ccc1[nH]4)C=C3)C=C2. The van der Waals surface area contributed by atoms with Gasteiger partial charge in [-0.25, -0.2) is 19.6 Å². The fourth-order valence-corrected chi connectivity index (χ4v) is 13.1. The highest BCUT2D eigenvalue weighted by Crippen LogP contribution is 2.46. The normalized spacial score (nSPS) is 11.5. The van der Waals surface area contributed by atoms with Crippen LogP contribution in [0, 0.1) is 0 Å². The molecule has 0 atom stereocenters. The van der Waals surface area contributed by atoms with Crippen LogP contribution in [0.2, 0.25) is 0 Å². The maximum absolute atomic E-state index is 13.6. The topological polar surface area (TPSA) is 252 Å². The summed E-state index contributed by atoms with van der Waals surface area (Å²) < 4.78 is 57.3. The molecule has 20 heteroatoms. The minimum Gasteiger partial charge on any atom is -0.493 e. The molecule has 20 nitrogen and oxygen atoms in total. The summed E-state index contributed by atoms with van der Waals surface area (Å²) in [6.45, 7) is 1.52. The van der Waals surface area contributed by atoms with Crippen LogP contribution in [0.1, 0.15) is 275 Å². The average Bonchev–Trinajstić information content (AvgIpc) is 1.54. The van der Waals surface area contributed by atoms with Gasteiger partial charge in [0.1, 0.15) is 23.0 Å². The van der Waals surface area contributed by atoms with Gasteiger partial charge in [0.2, 0.25) is 0 Å². The molecule has 5 heterocycles. The summed E-state index contributed by atoms with van der Waals surface area (Å²) in [6.07, 6.45) is 40.9. The van der Waals surface area contributed by atoms with Crippen molar-refractivity contribution in [3.05, 3.63) is 94.6 Å². The number of unbranched alkanes of at least 4 members (excludes halogenated alkanes) is 28. The first kappa shape index (κ1) is 82.3. The molecule has 3 aromatic heterocycles. The summed E-state index contributed by atoms with van der Waals surface area (Å²) in [6, 6.07) is 19.0. The van der Waals surface area contributed by atoms with Crippen molar-refractivity contribution in [2.45, 2.75) is 231 Å². The van der Waals surface area contributed by atoms with Crippen LogP contribution in [0.4, 0.5) is 0 Å². The van der Waals surface area contributed by atoms with Gasteiger partial charge in [0.05, 0.1) is 114 Å². The number of aromatic nitrogens is 4. The van der Waals surface area contributed by atoms with E-state index in [0.717, 1.165) is 228 Å². The Bertz CT molecular complexity index is 3390. The number of carbonyl (C=O) groups excluding carboxylic acids is 6. The lowest BCUT2D eigenvalue weighted by Gasteiger charge is -2.19. The van der Waals surface area contributed by atoms with E-state index in [2.05, 4.69) is 9.97 Å². The van der Waals surface area contributed by atoms with Gasteiger partial charge in [-0.15, -0.1) is 0 Å². The first-order valence-electron chi connectivity index (χ1n) is 38.3. The lowest BCUT2D eigenvalue weighted by Crippen LogP contribution is -2.08. The Morgan fingerprint density at radius 2 is 0.538 bits per heavy atom. The Morgan fingerprint density at radius 3 is 0.788 bits per heavy atom.